The smallest absolute Gasteiger partial charge is 0.387 e. The number of hydrogen-bond donors (Lipinski definition) is 10. The highest BCUT2D eigenvalue weighted by molar-refractivity contribution is 7.61. The number of carbonyl (C=O) groups is 2. The number of ketones is 1. The van der Waals surface area contributed by atoms with E-state index >= 15 is 0 Å². The molecule has 1 amide bonds. The number of pyridine rings is 1. The van der Waals surface area contributed by atoms with E-state index in [1.165, 1.54) is 36.0 Å². The molecule has 328 valence electrons. The number of aliphatic hydroxyl groups excluding tert-OH is 3. The van der Waals surface area contributed by atoms with Crippen LogP contribution in [0.15, 0.2) is 37.2 Å². The summed E-state index contributed by atoms with van der Waals surface area (Å²) in [6, 6.07) is 2.99. The molecular formula is C30H46N8O18P3+. The van der Waals surface area contributed by atoms with E-state index in [-0.39, 0.29) is 40.8 Å². The number of nitrogens with two attached hydrogens (primary N) is 1. The number of aliphatic hydroxyl groups is 3. The van der Waals surface area contributed by atoms with E-state index in [2.05, 4.69) is 29.9 Å². The highest BCUT2D eigenvalue weighted by Crippen LogP contribution is 2.61. The molecule has 29 heteroatoms. The van der Waals surface area contributed by atoms with Crippen LogP contribution in [0, 0.1) is 0 Å². The van der Waals surface area contributed by atoms with Crippen LogP contribution in [0.3, 0.4) is 0 Å². The lowest BCUT2D eigenvalue weighted by atomic mass is 10.1. The van der Waals surface area contributed by atoms with Gasteiger partial charge in [0.15, 0.2) is 47.5 Å². The first-order valence-electron chi connectivity index (χ1n) is 17.9. The van der Waals surface area contributed by atoms with Crippen molar-refractivity contribution in [3.8, 4) is 0 Å². The van der Waals surface area contributed by atoms with Gasteiger partial charge in [-0.05, 0) is 32.4 Å². The van der Waals surface area contributed by atoms with E-state index in [4.69, 9.17) is 28.8 Å². The van der Waals surface area contributed by atoms with Gasteiger partial charge in [-0.1, -0.05) is 12.8 Å². The van der Waals surface area contributed by atoms with Crippen molar-refractivity contribution in [2.24, 2.45) is 5.73 Å². The third-order valence-corrected chi connectivity index (χ3v) is 12.1. The third-order valence-electron chi connectivity index (χ3n) is 8.94. The maximum Gasteiger partial charge on any atom is 0.481 e. The number of rotatable bonds is 22. The summed E-state index contributed by atoms with van der Waals surface area (Å²) in [5, 5.41) is 37.6. The Morgan fingerprint density at radius 1 is 0.932 bits per heavy atom. The number of ether oxygens (including phenoxy) is 2. The molecule has 0 spiro atoms. The number of hydrogen-bond acceptors (Lipinski definition) is 19. The average molecular weight is 900 g/mol. The number of nitrogens with one attached hydrogen (secondary N) is 2. The summed E-state index contributed by atoms with van der Waals surface area (Å²) in [5.74, 6) is -0.545. The molecule has 4 unspecified atom stereocenters. The van der Waals surface area contributed by atoms with Crippen LogP contribution < -0.4 is 20.9 Å². The zero-order chi connectivity index (χ0) is 43.1. The SMILES string of the molecule is CC(=O)c1ccc[n+]([C@@H]2O[C@H](COP(=O)(O)OP(=O)(O)OC[C@@H]3O[C@H](n4cnc5c(NCC(=O)NCCCCCCN)ncnc54)C(OP(=O)(O)O)[C@@H]3O)C(O)[C@@H]2O)c1. The number of imidazole rings is 1. The predicted octanol–water partition coefficient (Wildman–Crippen LogP) is -1.33. The number of anilines is 1. The normalized spacial score (nSPS) is 26.7. The minimum atomic E-state index is -5.57. The molecule has 0 radical (unpaired) electrons. The lowest BCUT2D eigenvalue weighted by molar-refractivity contribution is -0.765. The van der Waals surface area contributed by atoms with Crippen LogP contribution in [0.25, 0.3) is 11.2 Å². The van der Waals surface area contributed by atoms with Crippen molar-refractivity contribution in [3.63, 3.8) is 0 Å². The highest BCUT2D eigenvalue weighted by Gasteiger charge is 2.51. The Morgan fingerprint density at radius 2 is 1.61 bits per heavy atom. The van der Waals surface area contributed by atoms with Gasteiger partial charge in [-0.15, -0.1) is 0 Å². The quantitative estimate of drug-likeness (QED) is 0.0242. The van der Waals surface area contributed by atoms with Gasteiger partial charge in [-0.2, -0.15) is 8.88 Å². The molecule has 2 aliphatic rings. The van der Waals surface area contributed by atoms with Crippen LogP contribution in [-0.2, 0) is 45.8 Å². The lowest BCUT2D eigenvalue weighted by Gasteiger charge is -2.22. The summed E-state index contributed by atoms with van der Waals surface area (Å²) >= 11 is 0. The summed E-state index contributed by atoms with van der Waals surface area (Å²) in [4.78, 5) is 76.2. The zero-order valence-corrected chi connectivity index (χ0v) is 33.9. The van der Waals surface area contributed by atoms with E-state index in [9.17, 15) is 58.2 Å². The zero-order valence-electron chi connectivity index (χ0n) is 31.2. The number of aromatic nitrogens is 5. The first kappa shape index (κ1) is 46.8. The lowest BCUT2D eigenvalue weighted by Crippen LogP contribution is -2.46. The van der Waals surface area contributed by atoms with Gasteiger partial charge < -0.3 is 60.7 Å². The molecule has 10 atom stereocenters. The van der Waals surface area contributed by atoms with Crippen LogP contribution in [-0.4, -0.2) is 136 Å². The molecule has 59 heavy (non-hydrogen) atoms. The topological polar surface area (TPSA) is 380 Å². The number of nitrogens with zero attached hydrogens (tertiary/aromatic N) is 5. The fourth-order valence-corrected chi connectivity index (χ4v) is 8.72. The van der Waals surface area contributed by atoms with Crippen molar-refractivity contribution >= 4 is 52.1 Å². The standard InChI is InChI=1S/C30H45N8O18P3/c1-17(39)18-7-6-10-37(12-18)29-25(43)23(41)19(53-29)13-51-58(47,48)56-59(49,50)52-14-20-24(42)26(55-57(44,45)46)30(54-20)38-16-36-22-27(34-15-35-28(22)38)33-11-21(40)32-9-5-3-2-4-8-31/h6-7,10,12,15-16,19-20,23-26,29-30,41-43H,2-5,8-9,11,13-14,31H2,1H3,(H5-,32,33,34,35,40,44,45,46,47,48,49,50)/p+1/t19-,20+,23?,24-,25+,26?,29-,30+/m1/s1. The van der Waals surface area contributed by atoms with Gasteiger partial charge >= 0.3 is 23.5 Å². The van der Waals surface area contributed by atoms with Crippen molar-refractivity contribution in [3.05, 3.63) is 42.7 Å². The van der Waals surface area contributed by atoms with Gasteiger partial charge in [0.05, 0.1) is 31.6 Å². The Labute approximate surface area is 335 Å². The molecule has 2 fully saturated rings. The van der Waals surface area contributed by atoms with Crippen LogP contribution in [0.1, 0.15) is 55.4 Å². The molecular weight excluding hydrogens is 853 g/mol. The van der Waals surface area contributed by atoms with Crippen molar-refractivity contribution in [2.75, 3.05) is 38.2 Å². The predicted molar refractivity (Wildman–Crippen MR) is 196 cm³/mol. The van der Waals surface area contributed by atoms with Gasteiger partial charge in [-0.3, -0.25) is 27.7 Å². The Bertz CT molecular complexity index is 2080. The monoisotopic (exact) mass is 899 g/mol. The summed E-state index contributed by atoms with van der Waals surface area (Å²) in [5.41, 5.74) is 5.79. The second-order valence-corrected chi connectivity index (χ2v) is 17.6. The fraction of sp³-hybridized carbons (Fsp3) is 0.600. The summed E-state index contributed by atoms with van der Waals surface area (Å²) < 4.78 is 69.6. The Morgan fingerprint density at radius 3 is 2.27 bits per heavy atom. The minimum absolute atomic E-state index is 0.0196. The van der Waals surface area contributed by atoms with Crippen LogP contribution >= 0.6 is 23.5 Å². The van der Waals surface area contributed by atoms with Gasteiger partial charge in [0, 0.05) is 12.6 Å². The molecule has 0 aliphatic carbocycles. The number of carbonyl (C=O) groups excluding carboxylic acids is 2. The molecule has 11 N–H and O–H groups in total. The number of phosphoric acid groups is 3. The number of amides is 1. The molecule has 2 aliphatic heterocycles. The van der Waals surface area contributed by atoms with Gasteiger partial charge in [0.25, 0.3) is 6.23 Å². The Kier molecular flexibility index (Phi) is 15.9. The molecule has 0 aromatic carbocycles. The average Bonchev–Trinajstić information content (AvgIpc) is 3.82. The Balaban J connectivity index is 1.19. The molecule has 3 aromatic rings. The van der Waals surface area contributed by atoms with Crippen molar-refractivity contribution < 1.29 is 90.1 Å². The molecule has 26 nitrogen and oxygen atoms in total. The van der Waals surface area contributed by atoms with Crippen molar-refractivity contribution in [1.29, 1.82) is 0 Å². The highest BCUT2D eigenvalue weighted by atomic mass is 31.3. The van der Waals surface area contributed by atoms with E-state index in [0.717, 1.165) is 42.9 Å². The Hall–Kier alpha value is -3.23. The molecule has 5 rings (SSSR count). The molecule has 2 saturated heterocycles. The largest absolute Gasteiger partial charge is 0.481 e. The number of Topliss-reactive ketones (excluding diaryl/α,β-unsaturated/α-hetero) is 1. The maximum absolute atomic E-state index is 12.8. The summed E-state index contributed by atoms with van der Waals surface area (Å²) in [6.07, 6.45) is -4.77. The van der Waals surface area contributed by atoms with Crippen molar-refractivity contribution in [2.45, 2.75) is 81.7 Å². The van der Waals surface area contributed by atoms with E-state index in [1.54, 1.807) is 0 Å². The van der Waals surface area contributed by atoms with Gasteiger partial charge in [0.1, 0.15) is 36.8 Å². The van der Waals surface area contributed by atoms with E-state index < -0.39 is 85.8 Å². The number of unbranched alkanes of at least 4 members (excludes halogenated alkanes) is 3. The summed E-state index contributed by atoms with van der Waals surface area (Å²) in [7, 11) is -16.4. The van der Waals surface area contributed by atoms with Gasteiger partial charge in [-0.25, -0.2) is 28.6 Å². The van der Waals surface area contributed by atoms with Crippen LogP contribution in [0.2, 0.25) is 0 Å². The maximum atomic E-state index is 12.8. The van der Waals surface area contributed by atoms with Gasteiger partial charge in [0.2, 0.25) is 5.91 Å². The summed E-state index contributed by atoms with van der Waals surface area (Å²) in [6.45, 7) is 0.105. The molecule has 3 aromatic heterocycles. The van der Waals surface area contributed by atoms with Crippen LogP contribution in [0.4, 0.5) is 5.82 Å². The number of phosphoric ester groups is 3. The molecule has 5 heterocycles. The fourth-order valence-electron chi connectivity index (χ4n) is 6.08. The molecule has 0 saturated carbocycles. The molecule has 0 bridgehead atoms. The number of fused-ring (bicyclic) bond motifs is 1. The first-order chi connectivity index (χ1) is 27.8. The first-order valence-corrected chi connectivity index (χ1v) is 22.5. The van der Waals surface area contributed by atoms with Crippen molar-refractivity contribution in [1.82, 2.24) is 24.8 Å². The second-order valence-electron chi connectivity index (χ2n) is 13.3. The third kappa shape index (κ3) is 12.7. The van der Waals surface area contributed by atoms with E-state index in [1.807, 2.05) is 0 Å². The minimum Gasteiger partial charge on any atom is -0.387 e. The van der Waals surface area contributed by atoms with Crippen LogP contribution in [0.5, 0.6) is 0 Å². The second kappa shape index (κ2) is 20.1. The van der Waals surface area contributed by atoms with E-state index in [0.29, 0.717) is 13.1 Å².